The number of hydrogen-bond donors (Lipinski definition) is 0. The van der Waals surface area contributed by atoms with Crippen molar-refractivity contribution in [3.8, 4) is 0 Å². The first-order chi connectivity index (χ1) is 7.66. The van der Waals surface area contributed by atoms with Gasteiger partial charge >= 0.3 is 5.97 Å². The van der Waals surface area contributed by atoms with Gasteiger partial charge in [0.15, 0.2) is 0 Å². The first-order valence-electron chi connectivity index (χ1n) is 5.33. The van der Waals surface area contributed by atoms with Gasteiger partial charge in [-0.2, -0.15) is 0 Å². The monoisotopic (exact) mass is 214 g/mol. The highest BCUT2D eigenvalue weighted by molar-refractivity contribution is 5.83. The van der Waals surface area contributed by atoms with E-state index in [1.54, 1.807) is 0 Å². The third kappa shape index (κ3) is 2.22. The lowest BCUT2D eigenvalue weighted by atomic mass is 10.0. The molecule has 0 amide bonds. The van der Waals surface area contributed by atoms with E-state index in [2.05, 4.69) is 18.2 Å². The number of carbonyl (C=O) groups excluding carboxylic acids is 1. The zero-order valence-corrected chi connectivity index (χ0v) is 9.44. The van der Waals surface area contributed by atoms with E-state index in [-0.39, 0.29) is 12.1 Å². The first kappa shape index (κ1) is 10.7. The lowest BCUT2D eigenvalue weighted by Gasteiger charge is -2.12. The zero-order chi connectivity index (χ0) is 11.5. The summed E-state index contributed by atoms with van der Waals surface area (Å²) in [4.78, 5) is 10.9. The molecule has 0 aliphatic heterocycles. The fourth-order valence-electron chi connectivity index (χ4n) is 1.78. The average molecular weight is 214 g/mol. The maximum absolute atomic E-state index is 10.9. The van der Waals surface area contributed by atoms with Gasteiger partial charge in [0.25, 0.3) is 0 Å². The van der Waals surface area contributed by atoms with Gasteiger partial charge in [-0.05, 0) is 29.3 Å². The summed E-state index contributed by atoms with van der Waals surface area (Å²) < 4.78 is 5.15. The second-order valence-electron chi connectivity index (χ2n) is 3.86. The Bertz CT molecular complexity index is 517. The van der Waals surface area contributed by atoms with E-state index in [4.69, 9.17) is 4.74 Å². The molecule has 2 nitrogen and oxygen atoms in total. The van der Waals surface area contributed by atoms with Gasteiger partial charge in [0.05, 0.1) is 0 Å². The Morgan fingerprint density at radius 3 is 2.50 bits per heavy atom. The summed E-state index contributed by atoms with van der Waals surface area (Å²) in [7, 11) is 0. The van der Waals surface area contributed by atoms with E-state index >= 15 is 0 Å². The molecule has 16 heavy (non-hydrogen) atoms. The van der Waals surface area contributed by atoms with Crippen molar-refractivity contribution in [2.75, 3.05) is 0 Å². The molecule has 2 aromatic rings. The molecule has 0 N–H and O–H groups in total. The van der Waals surface area contributed by atoms with Crippen molar-refractivity contribution in [3.05, 3.63) is 48.0 Å². The Morgan fingerprint density at radius 1 is 1.12 bits per heavy atom. The Balaban J connectivity index is 2.35. The normalized spacial score (nSPS) is 12.4. The number of rotatable bonds is 2. The molecule has 0 aliphatic carbocycles. The topological polar surface area (TPSA) is 26.3 Å². The largest absolute Gasteiger partial charge is 0.458 e. The number of ether oxygens (including phenoxy) is 1. The van der Waals surface area contributed by atoms with Crippen LogP contribution in [0.15, 0.2) is 42.5 Å². The highest BCUT2D eigenvalue weighted by atomic mass is 16.5. The molecule has 2 aromatic carbocycles. The molecular formula is C14H14O2. The van der Waals surface area contributed by atoms with Gasteiger partial charge < -0.3 is 4.74 Å². The molecule has 0 unspecified atom stereocenters. The lowest BCUT2D eigenvalue weighted by Crippen LogP contribution is -2.04. The van der Waals surface area contributed by atoms with Crippen LogP contribution in [-0.4, -0.2) is 5.97 Å². The number of hydrogen-bond acceptors (Lipinski definition) is 2. The molecule has 0 aromatic heterocycles. The van der Waals surface area contributed by atoms with E-state index in [1.807, 2.05) is 31.2 Å². The lowest BCUT2D eigenvalue weighted by molar-refractivity contribution is -0.145. The predicted octanol–water partition coefficient (Wildman–Crippen LogP) is 3.46. The Labute approximate surface area is 94.8 Å². The summed E-state index contributed by atoms with van der Waals surface area (Å²) in [6, 6.07) is 14.2. The molecule has 0 heterocycles. The maximum Gasteiger partial charge on any atom is 0.303 e. The van der Waals surface area contributed by atoms with E-state index in [9.17, 15) is 4.79 Å². The van der Waals surface area contributed by atoms with E-state index < -0.39 is 0 Å². The third-order valence-electron chi connectivity index (χ3n) is 2.59. The SMILES string of the molecule is CC(=O)O[C@H](C)c1ccc2ccccc2c1. The number of benzene rings is 2. The van der Waals surface area contributed by atoms with Gasteiger partial charge in [0.2, 0.25) is 0 Å². The van der Waals surface area contributed by atoms with Gasteiger partial charge in [-0.25, -0.2) is 0 Å². The van der Waals surface area contributed by atoms with E-state index in [0.717, 1.165) is 5.56 Å². The molecule has 0 fully saturated rings. The van der Waals surface area contributed by atoms with Crippen LogP contribution < -0.4 is 0 Å². The van der Waals surface area contributed by atoms with Crippen molar-refractivity contribution in [2.24, 2.45) is 0 Å². The van der Waals surface area contributed by atoms with Crippen LogP contribution in [0.2, 0.25) is 0 Å². The summed E-state index contributed by atoms with van der Waals surface area (Å²) in [5, 5.41) is 2.36. The van der Waals surface area contributed by atoms with Crippen molar-refractivity contribution in [3.63, 3.8) is 0 Å². The summed E-state index contributed by atoms with van der Waals surface area (Å²) in [6.45, 7) is 3.31. The van der Waals surface area contributed by atoms with Crippen molar-refractivity contribution >= 4 is 16.7 Å². The minimum absolute atomic E-state index is 0.192. The maximum atomic E-state index is 10.9. The summed E-state index contributed by atoms with van der Waals surface area (Å²) in [6.07, 6.45) is -0.192. The molecule has 0 aliphatic rings. The highest BCUT2D eigenvalue weighted by Crippen LogP contribution is 2.22. The second-order valence-corrected chi connectivity index (χ2v) is 3.86. The molecular weight excluding hydrogens is 200 g/mol. The van der Waals surface area contributed by atoms with Crippen LogP contribution in [0.5, 0.6) is 0 Å². The quantitative estimate of drug-likeness (QED) is 0.715. The molecule has 0 bridgehead atoms. The van der Waals surface area contributed by atoms with Gasteiger partial charge in [-0.1, -0.05) is 36.4 Å². The van der Waals surface area contributed by atoms with Gasteiger partial charge in [-0.3, -0.25) is 4.79 Å². The molecule has 0 spiro atoms. The zero-order valence-electron chi connectivity index (χ0n) is 9.44. The molecule has 2 rings (SSSR count). The van der Waals surface area contributed by atoms with Crippen molar-refractivity contribution in [2.45, 2.75) is 20.0 Å². The van der Waals surface area contributed by atoms with Crippen LogP contribution in [0.3, 0.4) is 0 Å². The Morgan fingerprint density at radius 2 is 1.81 bits per heavy atom. The third-order valence-corrected chi connectivity index (χ3v) is 2.59. The van der Waals surface area contributed by atoms with E-state index in [1.165, 1.54) is 17.7 Å². The molecule has 1 atom stereocenters. The van der Waals surface area contributed by atoms with Crippen molar-refractivity contribution in [1.82, 2.24) is 0 Å². The fraction of sp³-hybridized carbons (Fsp3) is 0.214. The molecule has 0 radical (unpaired) electrons. The minimum atomic E-state index is -0.249. The van der Waals surface area contributed by atoms with Gasteiger partial charge in [0, 0.05) is 6.92 Å². The standard InChI is InChI=1S/C14H14O2/c1-10(16-11(2)15)13-8-7-12-5-3-4-6-14(12)9-13/h3-10H,1-2H3/t10-/m1/s1. The number of esters is 1. The number of carbonyl (C=O) groups is 1. The minimum Gasteiger partial charge on any atom is -0.458 e. The van der Waals surface area contributed by atoms with Crippen LogP contribution >= 0.6 is 0 Å². The van der Waals surface area contributed by atoms with Crippen LogP contribution in [-0.2, 0) is 9.53 Å². The van der Waals surface area contributed by atoms with Crippen LogP contribution in [0.25, 0.3) is 10.8 Å². The number of fused-ring (bicyclic) bond motifs is 1. The smallest absolute Gasteiger partial charge is 0.303 e. The molecule has 2 heteroatoms. The van der Waals surface area contributed by atoms with Gasteiger partial charge in [0.1, 0.15) is 6.10 Å². The predicted molar refractivity (Wildman–Crippen MR) is 64.1 cm³/mol. The van der Waals surface area contributed by atoms with Crippen LogP contribution in [0.4, 0.5) is 0 Å². The Kier molecular flexibility index (Phi) is 2.91. The average Bonchev–Trinajstić information content (AvgIpc) is 2.27. The van der Waals surface area contributed by atoms with Crippen LogP contribution in [0, 0.1) is 0 Å². The Hall–Kier alpha value is -1.83. The first-order valence-corrected chi connectivity index (χ1v) is 5.33. The van der Waals surface area contributed by atoms with E-state index in [0.29, 0.717) is 0 Å². The molecule has 0 saturated heterocycles. The molecule has 82 valence electrons. The fourth-order valence-corrected chi connectivity index (χ4v) is 1.78. The molecule has 0 saturated carbocycles. The van der Waals surface area contributed by atoms with Crippen molar-refractivity contribution < 1.29 is 9.53 Å². The summed E-state index contributed by atoms with van der Waals surface area (Å²) in [5.74, 6) is -0.249. The van der Waals surface area contributed by atoms with Gasteiger partial charge in [-0.15, -0.1) is 0 Å². The highest BCUT2D eigenvalue weighted by Gasteiger charge is 2.08. The van der Waals surface area contributed by atoms with Crippen LogP contribution in [0.1, 0.15) is 25.5 Å². The second kappa shape index (κ2) is 4.35. The summed E-state index contributed by atoms with van der Waals surface area (Å²) >= 11 is 0. The van der Waals surface area contributed by atoms with Crippen molar-refractivity contribution in [1.29, 1.82) is 0 Å². The summed E-state index contributed by atoms with van der Waals surface area (Å²) in [5.41, 5.74) is 1.02.